The Hall–Kier alpha value is -2.63. The van der Waals surface area contributed by atoms with E-state index in [1.807, 2.05) is 0 Å². The van der Waals surface area contributed by atoms with Gasteiger partial charge in [-0.25, -0.2) is 9.78 Å². The summed E-state index contributed by atoms with van der Waals surface area (Å²) < 4.78 is 5.35. The number of hydrogen-bond acceptors (Lipinski definition) is 5. The molecule has 0 bridgehead atoms. The van der Waals surface area contributed by atoms with Crippen LogP contribution in [0.2, 0.25) is 0 Å². The van der Waals surface area contributed by atoms with Crippen molar-refractivity contribution in [2.45, 2.75) is 0 Å². The van der Waals surface area contributed by atoms with Gasteiger partial charge in [0.25, 0.3) is 0 Å². The Morgan fingerprint density at radius 2 is 2.24 bits per heavy atom. The molecular weight excluding hydrogens is 222 g/mol. The van der Waals surface area contributed by atoms with Crippen molar-refractivity contribution in [2.24, 2.45) is 0 Å². The highest BCUT2D eigenvalue weighted by molar-refractivity contribution is 5.88. The number of hydrogen-bond donors (Lipinski definition) is 2. The van der Waals surface area contributed by atoms with Crippen LogP contribution in [0, 0.1) is 0 Å². The van der Waals surface area contributed by atoms with Gasteiger partial charge in [0.1, 0.15) is 5.75 Å². The van der Waals surface area contributed by atoms with Crippen LogP contribution in [0.5, 0.6) is 11.6 Å². The Morgan fingerprint density at radius 1 is 1.41 bits per heavy atom. The molecule has 2 rings (SSSR count). The zero-order valence-corrected chi connectivity index (χ0v) is 8.70. The van der Waals surface area contributed by atoms with Crippen molar-refractivity contribution in [1.82, 2.24) is 9.97 Å². The van der Waals surface area contributed by atoms with Gasteiger partial charge in [-0.1, -0.05) is 0 Å². The number of aromatic carboxylic acids is 1. The van der Waals surface area contributed by atoms with Gasteiger partial charge in [0.05, 0.1) is 17.4 Å². The van der Waals surface area contributed by atoms with Crippen molar-refractivity contribution >= 4 is 11.7 Å². The SMILES string of the molecule is Nc1cc(C(=O)O)cnc1Oc1cccnc1. The average Bonchev–Trinajstić information content (AvgIpc) is 2.33. The van der Waals surface area contributed by atoms with Crippen molar-refractivity contribution in [3.8, 4) is 11.6 Å². The van der Waals surface area contributed by atoms with Gasteiger partial charge in [0, 0.05) is 12.4 Å². The molecule has 0 unspecified atom stereocenters. The number of rotatable bonds is 3. The van der Waals surface area contributed by atoms with Gasteiger partial charge >= 0.3 is 5.97 Å². The van der Waals surface area contributed by atoms with E-state index in [0.29, 0.717) is 5.75 Å². The third kappa shape index (κ3) is 2.49. The summed E-state index contributed by atoms with van der Waals surface area (Å²) in [6.07, 6.45) is 4.30. The van der Waals surface area contributed by atoms with Crippen LogP contribution in [0.3, 0.4) is 0 Å². The number of ether oxygens (including phenoxy) is 1. The minimum atomic E-state index is -1.09. The summed E-state index contributed by atoms with van der Waals surface area (Å²) in [6, 6.07) is 4.69. The summed E-state index contributed by atoms with van der Waals surface area (Å²) in [5, 5.41) is 8.74. The van der Waals surface area contributed by atoms with E-state index in [4.69, 9.17) is 15.6 Å². The van der Waals surface area contributed by atoms with Crippen molar-refractivity contribution in [1.29, 1.82) is 0 Å². The lowest BCUT2D eigenvalue weighted by Gasteiger charge is -2.06. The molecule has 0 amide bonds. The standard InChI is InChI=1S/C11H9N3O3/c12-9-4-7(11(15)16)5-14-10(9)17-8-2-1-3-13-6-8/h1-6H,12H2,(H,15,16). The van der Waals surface area contributed by atoms with Crippen LogP contribution in [-0.2, 0) is 0 Å². The monoisotopic (exact) mass is 231 g/mol. The second-order valence-corrected chi connectivity index (χ2v) is 3.21. The molecule has 6 nitrogen and oxygen atoms in total. The van der Waals surface area contributed by atoms with Gasteiger partial charge < -0.3 is 15.6 Å². The molecule has 17 heavy (non-hydrogen) atoms. The van der Waals surface area contributed by atoms with Crippen molar-refractivity contribution in [2.75, 3.05) is 5.73 Å². The van der Waals surface area contributed by atoms with E-state index in [2.05, 4.69) is 9.97 Å². The Bertz CT molecular complexity index is 543. The smallest absolute Gasteiger partial charge is 0.337 e. The summed E-state index contributed by atoms with van der Waals surface area (Å²) in [5.74, 6) is -0.449. The maximum atomic E-state index is 10.7. The van der Waals surface area contributed by atoms with Crippen LogP contribution in [-0.4, -0.2) is 21.0 Å². The van der Waals surface area contributed by atoms with Gasteiger partial charge in [-0.15, -0.1) is 0 Å². The highest BCUT2D eigenvalue weighted by Crippen LogP contribution is 2.24. The molecule has 2 aromatic rings. The van der Waals surface area contributed by atoms with Gasteiger partial charge in [-0.05, 0) is 18.2 Å². The number of anilines is 1. The predicted molar refractivity (Wildman–Crippen MR) is 59.9 cm³/mol. The van der Waals surface area contributed by atoms with Crippen LogP contribution in [0.4, 0.5) is 5.69 Å². The van der Waals surface area contributed by atoms with E-state index in [-0.39, 0.29) is 17.1 Å². The molecule has 0 saturated carbocycles. The van der Waals surface area contributed by atoms with Gasteiger partial charge in [-0.2, -0.15) is 0 Å². The first-order valence-electron chi connectivity index (χ1n) is 4.73. The van der Waals surface area contributed by atoms with Crippen molar-refractivity contribution < 1.29 is 14.6 Å². The van der Waals surface area contributed by atoms with Crippen molar-refractivity contribution in [3.63, 3.8) is 0 Å². The van der Waals surface area contributed by atoms with Crippen LogP contribution in [0.25, 0.3) is 0 Å². The Kier molecular flexibility index (Phi) is 2.87. The molecule has 0 aliphatic rings. The van der Waals surface area contributed by atoms with Gasteiger partial charge in [-0.3, -0.25) is 4.98 Å². The Morgan fingerprint density at radius 3 is 2.82 bits per heavy atom. The third-order valence-electron chi connectivity index (χ3n) is 1.97. The number of pyridine rings is 2. The second kappa shape index (κ2) is 4.48. The van der Waals surface area contributed by atoms with Crippen LogP contribution >= 0.6 is 0 Å². The summed E-state index contributed by atoms with van der Waals surface area (Å²) >= 11 is 0. The number of carboxylic acids is 1. The van der Waals surface area contributed by atoms with E-state index >= 15 is 0 Å². The molecule has 0 radical (unpaired) electrons. The summed E-state index contributed by atoms with van der Waals surface area (Å²) in [6.45, 7) is 0. The fourth-order valence-electron chi connectivity index (χ4n) is 1.19. The summed E-state index contributed by atoms with van der Waals surface area (Å²) in [7, 11) is 0. The molecule has 3 N–H and O–H groups in total. The Labute approximate surface area is 96.7 Å². The molecule has 6 heteroatoms. The highest BCUT2D eigenvalue weighted by Gasteiger charge is 2.09. The first-order valence-corrected chi connectivity index (χ1v) is 4.73. The van der Waals surface area contributed by atoms with E-state index in [9.17, 15) is 4.79 Å². The van der Waals surface area contributed by atoms with Crippen LogP contribution in [0.15, 0.2) is 36.8 Å². The highest BCUT2D eigenvalue weighted by atomic mass is 16.5. The third-order valence-corrected chi connectivity index (χ3v) is 1.97. The summed E-state index contributed by atoms with van der Waals surface area (Å²) in [4.78, 5) is 18.4. The second-order valence-electron chi connectivity index (χ2n) is 3.21. The lowest BCUT2D eigenvalue weighted by atomic mass is 10.2. The maximum absolute atomic E-state index is 10.7. The molecular formula is C11H9N3O3. The van der Waals surface area contributed by atoms with E-state index in [1.54, 1.807) is 18.3 Å². The number of aromatic nitrogens is 2. The average molecular weight is 231 g/mol. The largest absolute Gasteiger partial charge is 0.478 e. The number of nitrogens with two attached hydrogens (primary N) is 1. The summed E-state index contributed by atoms with van der Waals surface area (Å²) in [5.41, 5.74) is 5.81. The number of carbonyl (C=O) groups is 1. The van der Waals surface area contributed by atoms with E-state index in [0.717, 1.165) is 0 Å². The zero-order valence-electron chi connectivity index (χ0n) is 8.70. The fourth-order valence-corrected chi connectivity index (χ4v) is 1.19. The maximum Gasteiger partial charge on any atom is 0.337 e. The Balaban J connectivity index is 2.26. The first kappa shape index (κ1) is 10.9. The lowest BCUT2D eigenvalue weighted by Crippen LogP contribution is -2.01. The predicted octanol–water partition coefficient (Wildman–Crippen LogP) is 1.55. The van der Waals surface area contributed by atoms with Gasteiger partial charge in [0.2, 0.25) is 5.88 Å². The first-order chi connectivity index (χ1) is 8.16. The van der Waals surface area contributed by atoms with E-state index < -0.39 is 5.97 Å². The molecule has 0 saturated heterocycles. The normalized spacial score (nSPS) is 9.88. The molecule has 0 aliphatic heterocycles. The van der Waals surface area contributed by atoms with E-state index in [1.165, 1.54) is 18.5 Å². The molecule has 2 aromatic heterocycles. The fraction of sp³-hybridized carbons (Fsp3) is 0. The molecule has 0 fully saturated rings. The van der Waals surface area contributed by atoms with Gasteiger partial charge in [0.15, 0.2) is 0 Å². The molecule has 0 aliphatic carbocycles. The molecule has 2 heterocycles. The number of carboxylic acid groups (broad SMARTS) is 1. The minimum absolute atomic E-state index is 0.0148. The zero-order chi connectivity index (χ0) is 12.3. The molecule has 0 aromatic carbocycles. The minimum Gasteiger partial charge on any atom is -0.478 e. The van der Waals surface area contributed by atoms with Crippen LogP contribution < -0.4 is 10.5 Å². The molecule has 0 atom stereocenters. The lowest BCUT2D eigenvalue weighted by molar-refractivity contribution is 0.0696. The topological polar surface area (TPSA) is 98.3 Å². The molecule has 86 valence electrons. The molecule has 0 spiro atoms. The van der Waals surface area contributed by atoms with Crippen molar-refractivity contribution in [3.05, 3.63) is 42.4 Å². The quantitative estimate of drug-likeness (QED) is 0.831. The number of nitrogens with zero attached hydrogens (tertiary/aromatic N) is 2. The van der Waals surface area contributed by atoms with Crippen LogP contribution in [0.1, 0.15) is 10.4 Å². The number of nitrogen functional groups attached to an aromatic ring is 1.